The smallest absolute Gasteiger partial charge is 0.224 e. The van der Waals surface area contributed by atoms with E-state index in [0.717, 1.165) is 11.3 Å². The van der Waals surface area contributed by atoms with Crippen LogP contribution in [0.15, 0.2) is 15.7 Å². The number of primary sulfonamides is 1. The average Bonchev–Trinajstić information content (AvgIpc) is 2.32. The molecule has 58 valence electrons. The van der Waals surface area contributed by atoms with Gasteiger partial charge in [0.25, 0.3) is 0 Å². The van der Waals surface area contributed by atoms with Gasteiger partial charge in [-0.3, -0.25) is 0 Å². The molecule has 1 aromatic rings. The van der Waals surface area contributed by atoms with E-state index in [1.807, 2.05) is 6.07 Å². The van der Waals surface area contributed by atoms with Gasteiger partial charge in [0, 0.05) is 5.38 Å². The Labute approximate surface area is 67.9 Å². The third-order valence-electron chi connectivity index (χ3n) is 0.985. The maximum absolute atomic E-state index is 10.6. The van der Waals surface area contributed by atoms with Crippen LogP contribution in [0, 0.1) is 11.3 Å². The molecule has 0 spiro atoms. The Bertz CT molecular complexity index is 398. The van der Waals surface area contributed by atoms with Gasteiger partial charge < -0.3 is 0 Å². The second-order valence-electron chi connectivity index (χ2n) is 1.81. The van der Waals surface area contributed by atoms with E-state index < -0.39 is 10.0 Å². The van der Waals surface area contributed by atoms with E-state index in [4.69, 9.17) is 10.4 Å². The normalized spacial score (nSPS) is 10.9. The number of thiophene rings is 1. The summed E-state index contributed by atoms with van der Waals surface area (Å²) in [6.07, 6.45) is 0. The molecule has 0 aliphatic rings. The lowest BCUT2D eigenvalue weighted by atomic mass is 10.4. The van der Waals surface area contributed by atoms with E-state index in [2.05, 4.69) is 0 Å². The number of hydrogen-bond acceptors (Lipinski definition) is 4. The number of nitrogens with two attached hydrogens (primary N) is 1. The van der Waals surface area contributed by atoms with Crippen LogP contribution in [0.25, 0.3) is 0 Å². The first-order chi connectivity index (χ1) is 5.04. The van der Waals surface area contributed by atoms with Gasteiger partial charge in [-0.15, -0.1) is 11.3 Å². The fourth-order valence-corrected chi connectivity index (χ4v) is 2.06. The Morgan fingerprint density at radius 2 is 2.27 bits per heavy atom. The molecule has 6 heteroatoms. The fourth-order valence-electron chi connectivity index (χ4n) is 0.524. The van der Waals surface area contributed by atoms with E-state index in [-0.39, 0.29) is 4.21 Å². The van der Waals surface area contributed by atoms with Crippen LogP contribution in [0.3, 0.4) is 0 Å². The van der Waals surface area contributed by atoms with Crippen molar-refractivity contribution in [2.75, 3.05) is 0 Å². The Balaban J connectivity index is 3.22. The van der Waals surface area contributed by atoms with Crippen molar-refractivity contribution in [1.29, 1.82) is 5.26 Å². The van der Waals surface area contributed by atoms with Gasteiger partial charge in [0.15, 0.2) is 0 Å². The molecule has 0 saturated heterocycles. The fraction of sp³-hybridized carbons (Fsp3) is 0. The second kappa shape index (κ2) is 2.62. The second-order valence-corrected chi connectivity index (χ2v) is 4.51. The Morgan fingerprint density at radius 1 is 1.64 bits per heavy atom. The number of sulfonamides is 1. The summed E-state index contributed by atoms with van der Waals surface area (Å²) < 4.78 is 21.3. The van der Waals surface area contributed by atoms with Crippen molar-refractivity contribution in [3.05, 3.63) is 17.0 Å². The van der Waals surface area contributed by atoms with Crippen LogP contribution < -0.4 is 5.14 Å². The topological polar surface area (TPSA) is 83.9 Å². The van der Waals surface area contributed by atoms with Crippen LogP contribution in [-0.4, -0.2) is 8.42 Å². The Hall–Kier alpha value is -0.900. The maximum Gasteiger partial charge on any atom is 0.247 e. The first-order valence-electron chi connectivity index (χ1n) is 2.55. The minimum absolute atomic E-state index is 0.0223. The van der Waals surface area contributed by atoms with Gasteiger partial charge in [-0.05, 0) is 6.07 Å². The summed E-state index contributed by atoms with van der Waals surface area (Å²) in [6.45, 7) is 0. The molecule has 1 heterocycles. The third kappa shape index (κ3) is 1.77. The molecular formula is C5H4N2O2S2. The van der Waals surface area contributed by atoms with Gasteiger partial charge in [0.05, 0.1) is 5.56 Å². The molecule has 4 nitrogen and oxygen atoms in total. The summed E-state index contributed by atoms with van der Waals surface area (Å²) in [5, 5.41) is 14.6. The van der Waals surface area contributed by atoms with Gasteiger partial charge in [-0.1, -0.05) is 0 Å². The summed E-state index contributed by atoms with van der Waals surface area (Å²) >= 11 is 0.946. The van der Waals surface area contributed by atoms with Gasteiger partial charge in [0.2, 0.25) is 10.0 Å². The van der Waals surface area contributed by atoms with E-state index in [9.17, 15) is 8.42 Å². The zero-order chi connectivity index (χ0) is 8.48. The van der Waals surface area contributed by atoms with E-state index in [0.29, 0.717) is 5.56 Å². The molecule has 0 atom stereocenters. The molecule has 2 N–H and O–H groups in total. The van der Waals surface area contributed by atoms with Gasteiger partial charge >= 0.3 is 0 Å². The monoisotopic (exact) mass is 188 g/mol. The van der Waals surface area contributed by atoms with E-state index in [1.165, 1.54) is 11.4 Å². The molecule has 0 radical (unpaired) electrons. The molecule has 0 fully saturated rings. The van der Waals surface area contributed by atoms with Crippen LogP contribution in [-0.2, 0) is 10.0 Å². The number of rotatable bonds is 1. The number of hydrogen-bond donors (Lipinski definition) is 1. The van der Waals surface area contributed by atoms with E-state index in [1.54, 1.807) is 0 Å². The molecule has 1 rings (SSSR count). The minimum atomic E-state index is -3.62. The van der Waals surface area contributed by atoms with Crippen molar-refractivity contribution >= 4 is 21.4 Å². The van der Waals surface area contributed by atoms with Gasteiger partial charge in [0.1, 0.15) is 10.3 Å². The largest absolute Gasteiger partial charge is 0.247 e. The molecule has 11 heavy (non-hydrogen) atoms. The molecular weight excluding hydrogens is 184 g/mol. The SMILES string of the molecule is N#Cc1csc(S(N)(=O)=O)c1. The highest BCUT2D eigenvalue weighted by molar-refractivity contribution is 7.91. The van der Waals surface area contributed by atoms with Crippen LogP contribution >= 0.6 is 11.3 Å². The van der Waals surface area contributed by atoms with Crippen molar-refractivity contribution in [2.24, 2.45) is 5.14 Å². The van der Waals surface area contributed by atoms with E-state index >= 15 is 0 Å². The molecule has 0 unspecified atom stereocenters. The Kier molecular flexibility index (Phi) is 1.95. The zero-order valence-electron chi connectivity index (χ0n) is 5.31. The molecule has 1 aromatic heterocycles. The van der Waals surface area contributed by atoms with Crippen molar-refractivity contribution in [1.82, 2.24) is 0 Å². The summed E-state index contributed by atoms with van der Waals surface area (Å²) in [5.74, 6) is 0. The highest BCUT2D eigenvalue weighted by Gasteiger charge is 2.10. The van der Waals surface area contributed by atoms with Gasteiger partial charge in [-0.25, -0.2) is 13.6 Å². The molecule has 0 aliphatic heterocycles. The molecule has 0 aliphatic carbocycles. The van der Waals surface area contributed by atoms with Crippen molar-refractivity contribution in [3.63, 3.8) is 0 Å². The third-order valence-corrected chi connectivity index (χ3v) is 3.37. The molecule has 0 amide bonds. The highest BCUT2D eigenvalue weighted by Crippen LogP contribution is 2.17. The highest BCUT2D eigenvalue weighted by atomic mass is 32.2. The van der Waals surface area contributed by atoms with Crippen LogP contribution in [0.4, 0.5) is 0 Å². The lowest BCUT2D eigenvalue weighted by Gasteiger charge is -1.86. The molecule has 0 aromatic carbocycles. The maximum atomic E-state index is 10.6. The predicted octanol–water partition coefficient (Wildman–Crippen LogP) is 0.267. The van der Waals surface area contributed by atoms with Gasteiger partial charge in [-0.2, -0.15) is 5.26 Å². The summed E-state index contributed by atoms with van der Waals surface area (Å²) in [6, 6.07) is 3.06. The minimum Gasteiger partial charge on any atom is -0.224 e. The summed E-state index contributed by atoms with van der Waals surface area (Å²) in [7, 11) is -3.62. The van der Waals surface area contributed by atoms with Crippen LogP contribution in [0.5, 0.6) is 0 Å². The lowest BCUT2D eigenvalue weighted by molar-refractivity contribution is 0.600. The van der Waals surface area contributed by atoms with Crippen LogP contribution in [0.2, 0.25) is 0 Å². The lowest BCUT2D eigenvalue weighted by Crippen LogP contribution is -2.09. The molecule has 0 bridgehead atoms. The number of nitriles is 1. The molecule has 0 saturated carbocycles. The first-order valence-corrected chi connectivity index (χ1v) is 4.98. The quantitative estimate of drug-likeness (QED) is 0.686. The zero-order valence-corrected chi connectivity index (χ0v) is 6.95. The number of nitrogens with zero attached hydrogens (tertiary/aromatic N) is 1. The summed E-state index contributed by atoms with van der Waals surface area (Å²) in [5.41, 5.74) is 0.319. The first kappa shape index (κ1) is 8.20. The van der Waals surface area contributed by atoms with Crippen LogP contribution in [0.1, 0.15) is 5.56 Å². The standard InChI is InChI=1S/C5H4N2O2S2/c6-2-4-1-5(10-3-4)11(7,8)9/h1,3H,(H2,7,8,9). The summed E-state index contributed by atoms with van der Waals surface area (Å²) in [4.78, 5) is 0. The van der Waals surface area contributed by atoms with Crippen molar-refractivity contribution in [2.45, 2.75) is 4.21 Å². The van der Waals surface area contributed by atoms with Crippen molar-refractivity contribution < 1.29 is 8.42 Å². The van der Waals surface area contributed by atoms with Crippen molar-refractivity contribution in [3.8, 4) is 6.07 Å². The predicted molar refractivity (Wildman–Crippen MR) is 40.4 cm³/mol. The Morgan fingerprint density at radius 3 is 2.55 bits per heavy atom. The average molecular weight is 188 g/mol.